The average Bonchev–Trinajstić information content (AvgIpc) is 2.67. The lowest BCUT2D eigenvalue weighted by Crippen LogP contribution is -2.13. The second-order valence-corrected chi connectivity index (χ2v) is 6.32. The van der Waals surface area contributed by atoms with Gasteiger partial charge in [-0.05, 0) is 36.6 Å². The van der Waals surface area contributed by atoms with E-state index in [9.17, 15) is 4.79 Å². The molecule has 1 heterocycles. The maximum atomic E-state index is 11.6. The minimum atomic E-state index is -0.374. The molecule has 0 aliphatic heterocycles. The second-order valence-electron chi connectivity index (χ2n) is 5.41. The summed E-state index contributed by atoms with van der Waals surface area (Å²) in [4.78, 5) is 11.6. The van der Waals surface area contributed by atoms with Crippen LogP contribution < -0.4 is 5.73 Å². The molecule has 0 atom stereocenters. The van der Waals surface area contributed by atoms with E-state index in [0.717, 1.165) is 28.0 Å². The summed E-state index contributed by atoms with van der Waals surface area (Å²) in [5, 5.41) is 0. The van der Waals surface area contributed by atoms with Gasteiger partial charge >= 0.3 is 0 Å². The standard InChI is InChI=1S/C16H19BrN2O/c1-10(2)9-19-11(3)14(16(18)20)8-15(19)12-5-4-6-13(17)7-12/h4-8,10H,9H2,1-3H3,(H2,18,20). The monoisotopic (exact) mass is 334 g/mol. The summed E-state index contributed by atoms with van der Waals surface area (Å²) in [6.45, 7) is 7.13. The predicted octanol–water partition coefficient (Wildman–Crippen LogP) is 3.98. The molecule has 2 aromatic rings. The Hall–Kier alpha value is -1.55. The number of amides is 1. The number of carbonyl (C=O) groups excluding carboxylic acids is 1. The van der Waals surface area contributed by atoms with Crippen LogP contribution in [0.5, 0.6) is 0 Å². The van der Waals surface area contributed by atoms with Gasteiger partial charge in [0.1, 0.15) is 0 Å². The quantitative estimate of drug-likeness (QED) is 0.903. The van der Waals surface area contributed by atoms with Gasteiger partial charge in [-0.2, -0.15) is 0 Å². The van der Waals surface area contributed by atoms with Gasteiger partial charge in [0.2, 0.25) is 0 Å². The number of hydrogen-bond donors (Lipinski definition) is 1. The summed E-state index contributed by atoms with van der Waals surface area (Å²) < 4.78 is 3.19. The normalized spacial score (nSPS) is 11.1. The van der Waals surface area contributed by atoms with E-state index in [1.807, 2.05) is 31.2 Å². The van der Waals surface area contributed by atoms with Crippen LogP contribution in [0.25, 0.3) is 11.3 Å². The molecule has 1 aromatic heterocycles. The van der Waals surface area contributed by atoms with Crippen molar-refractivity contribution in [2.24, 2.45) is 11.7 Å². The summed E-state index contributed by atoms with van der Waals surface area (Å²) in [6, 6.07) is 9.96. The second kappa shape index (κ2) is 5.83. The number of aromatic nitrogens is 1. The van der Waals surface area contributed by atoms with Crippen molar-refractivity contribution in [1.29, 1.82) is 0 Å². The summed E-state index contributed by atoms with van der Waals surface area (Å²) in [5.41, 5.74) is 9.12. The van der Waals surface area contributed by atoms with Gasteiger partial charge in [0.05, 0.1) is 5.56 Å². The number of rotatable bonds is 4. The number of halogens is 1. The molecule has 2 N–H and O–H groups in total. The minimum Gasteiger partial charge on any atom is -0.366 e. The predicted molar refractivity (Wildman–Crippen MR) is 85.7 cm³/mol. The van der Waals surface area contributed by atoms with Gasteiger partial charge < -0.3 is 10.3 Å². The van der Waals surface area contributed by atoms with Gasteiger partial charge in [-0.15, -0.1) is 0 Å². The summed E-state index contributed by atoms with van der Waals surface area (Å²) in [6.07, 6.45) is 0. The lowest BCUT2D eigenvalue weighted by Gasteiger charge is -2.14. The number of hydrogen-bond acceptors (Lipinski definition) is 1. The molecule has 4 heteroatoms. The van der Waals surface area contributed by atoms with Crippen LogP contribution in [0, 0.1) is 12.8 Å². The third-order valence-corrected chi connectivity index (χ3v) is 3.79. The first kappa shape index (κ1) is 14.9. The van der Waals surface area contributed by atoms with Gasteiger partial charge in [-0.1, -0.05) is 41.9 Å². The van der Waals surface area contributed by atoms with Crippen molar-refractivity contribution in [3.05, 3.63) is 46.1 Å². The Bertz CT molecular complexity index is 644. The van der Waals surface area contributed by atoms with Crippen LogP contribution in [0.4, 0.5) is 0 Å². The van der Waals surface area contributed by atoms with Crippen molar-refractivity contribution in [2.75, 3.05) is 0 Å². The van der Waals surface area contributed by atoms with Crippen LogP contribution in [-0.4, -0.2) is 10.5 Å². The molecular formula is C16H19BrN2O. The van der Waals surface area contributed by atoms with Crippen molar-refractivity contribution in [2.45, 2.75) is 27.3 Å². The lowest BCUT2D eigenvalue weighted by molar-refractivity contribution is 0.0999. The molecule has 3 nitrogen and oxygen atoms in total. The van der Waals surface area contributed by atoms with Crippen molar-refractivity contribution < 1.29 is 4.79 Å². The molecular weight excluding hydrogens is 316 g/mol. The van der Waals surface area contributed by atoms with E-state index in [0.29, 0.717) is 11.5 Å². The molecule has 1 amide bonds. The Morgan fingerprint density at radius 3 is 2.60 bits per heavy atom. The number of nitrogens with two attached hydrogens (primary N) is 1. The molecule has 0 radical (unpaired) electrons. The van der Waals surface area contributed by atoms with Gasteiger partial charge in [-0.25, -0.2) is 0 Å². The molecule has 1 aromatic carbocycles. The van der Waals surface area contributed by atoms with Crippen LogP contribution in [-0.2, 0) is 6.54 Å². The maximum absolute atomic E-state index is 11.6. The van der Waals surface area contributed by atoms with Crippen molar-refractivity contribution in [1.82, 2.24) is 4.57 Å². The number of benzene rings is 1. The largest absolute Gasteiger partial charge is 0.366 e. The molecule has 0 unspecified atom stereocenters. The van der Waals surface area contributed by atoms with Gasteiger partial charge in [-0.3, -0.25) is 4.79 Å². The fourth-order valence-corrected chi connectivity index (χ4v) is 2.78. The van der Waals surface area contributed by atoms with Crippen LogP contribution >= 0.6 is 15.9 Å². The molecule has 0 aliphatic rings. The van der Waals surface area contributed by atoms with E-state index < -0.39 is 0 Å². The zero-order valence-electron chi connectivity index (χ0n) is 12.0. The highest BCUT2D eigenvalue weighted by atomic mass is 79.9. The molecule has 0 saturated carbocycles. The van der Waals surface area contributed by atoms with Gasteiger partial charge in [0.15, 0.2) is 0 Å². The number of carbonyl (C=O) groups is 1. The van der Waals surface area contributed by atoms with Gasteiger partial charge in [0.25, 0.3) is 5.91 Å². The molecule has 20 heavy (non-hydrogen) atoms. The third-order valence-electron chi connectivity index (χ3n) is 3.30. The summed E-state index contributed by atoms with van der Waals surface area (Å²) in [5.74, 6) is 0.119. The molecule has 106 valence electrons. The van der Waals surface area contributed by atoms with E-state index >= 15 is 0 Å². The molecule has 0 aliphatic carbocycles. The molecule has 2 rings (SSSR count). The highest BCUT2D eigenvalue weighted by Crippen LogP contribution is 2.28. The van der Waals surface area contributed by atoms with E-state index in [1.165, 1.54) is 0 Å². The number of nitrogens with zero attached hydrogens (tertiary/aromatic N) is 1. The third kappa shape index (κ3) is 2.96. The van der Waals surface area contributed by atoms with Crippen LogP contribution in [0.2, 0.25) is 0 Å². The van der Waals surface area contributed by atoms with E-state index in [4.69, 9.17) is 5.73 Å². The smallest absolute Gasteiger partial charge is 0.250 e. The number of primary amides is 1. The zero-order chi connectivity index (χ0) is 14.9. The van der Waals surface area contributed by atoms with E-state index in [1.54, 1.807) is 0 Å². The van der Waals surface area contributed by atoms with E-state index in [2.05, 4.69) is 40.4 Å². The molecule has 0 saturated heterocycles. The van der Waals surface area contributed by atoms with E-state index in [-0.39, 0.29) is 5.91 Å². The fraction of sp³-hybridized carbons (Fsp3) is 0.312. The first-order chi connectivity index (χ1) is 9.40. The van der Waals surface area contributed by atoms with Crippen molar-refractivity contribution >= 4 is 21.8 Å². The van der Waals surface area contributed by atoms with Crippen LogP contribution in [0.3, 0.4) is 0 Å². The minimum absolute atomic E-state index is 0.374. The molecule has 0 fully saturated rings. The Labute approximate surface area is 127 Å². The first-order valence-corrected chi connectivity index (χ1v) is 7.45. The van der Waals surface area contributed by atoms with Crippen molar-refractivity contribution in [3.8, 4) is 11.3 Å². The topological polar surface area (TPSA) is 48.0 Å². The maximum Gasteiger partial charge on any atom is 0.250 e. The fourth-order valence-electron chi connectivity index (χ4n) is 2.38. The van der Waals surface area contributed by atoms with Gasteiger partial charge in [0, 0.05) is 22.4 Å². The Morgan fingerprint density at radius 1 is 1.35 bits per heavy atom. The lowest BCUT2D eigenvalue weighted by atomic mass is 10.1. The first-order valence-electron chi connectivity index (χ1n) is 6.66. The Balaban J connectivity index is 2.61. The highest BCUT2D eigenvalue weighted by Gasteiger charge is 2.17. The van der Waals surface area contributed by atoms with Crippen LogP contribution in [0.15, 0.2) is 34.8 Å². The Morgan fingerprint density at radius 2 is 2.05 bits per heavy atom. The highest BCUT2D eigenvalue weighted by molar-refractivity contribution is 9.10. The SMILES string of the molecule is Cc1c(C(N)=O)cc(-c2cccc(Br)c2)n1CC(C)C. The molecule has 0 spiro atoms. The summed E-state index contributed by atoms with van der Waals surface area (Å²) in [7, 11) is 0. The Kier molecular flexibility index (Phi) is 4.33. The van der Waals surface area contributed by atoms with Crippen LogP contribution in [0.1, 0.15) is 29.9 Å². The zero-order valence-corrected chi connectivity index (χ0v) is 13.6. The molecule has 0 bridgehead atoms. The summed E-state index contributed by atoms with van der Waals surface area (Å²) >= 11 is 3.49. The van der Waals surface area contributed by atoms with Crippen molar-refractivity contribution in [3.63, 3.8) is 0 Å². The average molecular weight is 335 g/mol.